The van der Waals surface area contributed by atoms with Gasteiger partial charge in [-0.25, -0.2) is 0 Å². The summed E-state index contributed by atoms with van der Waals surface area (Å²) in [6.07, 6.45) is 0. The van der Waals surface area contributed by atoms with Crippen LogP contribution in [-0.4, -0.2) is 0 Å². The van der Waals surface area contributed by atoms with Crippen molar-refractivity contribution in [3.05, 3.63) is 251 Å². The molecular weight excluding hydrogens is 853 g/mol. The molecule has 2 atom stereocenters. The topological polar surface area (TPSA) is 102 Å². The number of hydrogen-bond acceptors (Lipinski definition) is 6. The van der Waals surface area contributed by atoms with E-state index in [2.05, 4.69) is 157 Å². The molecule has 0 spiro atoms. The van der Waals surface area contributed by atoms with E-state index in [0.29, 0.717) is 22.3 Å². The molecule has 0 bridgehead atoms. The van der Waals surface area contributed by atoms with E-state index in [1.54, 1.807) is 0 Å². The second kappa shape index (κ2) is 16.0. The van der Waals surface area contributed by atoms with Crippen LogP contribution in [0.4, 0.5) is 34.1 Å². The Morgan fingerprint density at radius 2 is 0.586 bits per heavy atom. The maximum absolute atomic E-state index is 9.86. The van der Waals surface area contributed by atoms with E-state index >= 15 is 0 Å². The van der Waals surface area contributed by atoms with Crippen LogP contribution < -0.4 is 9.80 Å². The number of hydrogen-bond donors (Lipinski definition) is 0. The molecule has 0 amide bonds. The lowest BCUT2D eigenvalue weighted by atomic mass is 9.56. The lowest BCUT2D eigenvalue weighted by molar-refractivity contribution is 0.376. The highest BCUT2D eigenvalue weighted by atomic mass is 15.1. The summed E-state index contributed by atoms with van der Waals surface area (Å²) in [7, 11) is 0. The number of fused-ring (bicyclic) bond motifs is 10. The zero-order valence-corrected chi connectivity index (χ0v) is 38.3. The molecule has 70 heavy (non-hydrogen) atoms. The van der Waals surface area contributed by atoms with Crippen molar-refractivity contribution in [1.29, 1.82) is 21.0 Å². The highest BCUT2D eigenvalue weighted by molar-refractivity contribution is 6.13. The number of nitriles is 4. The second-order valence-electron chi connectivity index (χ2n) is 18.4. The number of anilines is 6. The SMILES string of the molecule is CC1(C2(C)c3ccccc3-c3c2cc(N(c2ccc(C#N)cc2)c2ccc(C#N)cc2)c2ccccc32)c2ccccc2-c2c1cc(N(c1ccc(C#N)cc1)c1ccc(C#N)cc1)c1ccccc21. The summed E-state index contributed by atoms with van der Waals surface area (Å²) in [5.74, 6) is 0. The van der Waals surface area contributed by atoms with Crippen LogP contribution in [0.3, 0.4) is 0 Å². The molecule has 10 aromatic carbocycles. The Hall–Kier alpha value is -9.72. The average molecular weight is 893 g/mol. The summed E-state index contributed by atoms with van der Waals surface area (Å²) < 4.78 is 0. The number of nitrogens with zero attached hydrogens (tertiary/aromatic N) is 6. The lowest BCUT2D eigenvalue weighted by Gasteiger charge is -2.46. The van der Waals surface area contributed by atoms with Crippen LogP contribution in [-0.2, 0) is 10.8 Å². The second-order valence-corrected chi connectivity index (χ2v) is 18.4. The summed E-state index contributed by atoms with van der Waals surface area (Å²) in [4.78, 5) is 4.51. The van der Waals surface area contributed by atoms with Gasteiger partial charge in [0.25, 0.3) is 0 Å². The molecule has 12 rings (SSSR count). The molecule has 0 fully saturated rings. The summed E-state index contributed by atoms with van der Waals surface area (Å²) in [6.45, 7) is 4.87. The van der Waals surface area contributed by atoms with Gasteiger partial charge in [0.15, 0.2) is 0 Å². The predicted molar refractivity (Wildman–Crippen MR) is 280 cm³/mol. The van der Waals surface area contributed by atoms with Crippen molar-refractivity contribution in [3.63, 3.8) is 0 Å². The molecule has 2 aliphatic carbocycles. The van der Waals surface area contributed by atoms with E-state index in [-0.39, 0.29) is 0 Å². The van der Waals surface area contributed by atoms with Crippen molar-refractivity contribution in [2.24, 2.45) is 0 Å². The summed E-state index contributed by atoms with van der Waals surface area (Å²) in [5, 5.41) is 43.8. The maximum atomic E-state index is 9.86. The van der Waals surface area contributed by atoms with Gasteiger partial charge in [-0.3, -0.25) is 0 Å². The minimum Gasteiger partial charge on any atom is -0.310 e. The number of benzene rings is 10. The first kappa shape index (κ1) is 41.7. The lowest BCUT2D eigenvalue weighted by Crippen LogP contribution is -2.44. The largest absolute Gasteiger partial charge is 0.310 e. The van der Waals surface area contributed by atoms with Crippen molar-refractivity contribution in [2.45, 2.75) is 24.7 Å². The Morgan fingerprint density at radius 1 is 0.314 bits per heavy atom. The molecule has 0 N–H and O–H groups in total. The third-order valence-corrected chi connectivity index (χ3v) is 15.1. The van der Waals surface area contributed by atoms with Crippen LogP contribution in [0.25, 0.3) is 43.8 Å². The molecule has 0 saturated carbocycles. The van der Waals surface area contributed by atoms with Gasteiger partial charge in [0, 0.05) is 44.4 Å². The fourth-order valence-corrected chi connectivity index (χ4v) is 11.7. The monoisotopic (exact) mass is 892 g/mol. The first-order valence-electron chi connectivity index (χ1n) is 23.2. The van der Waals surface area contributed by atoms with Gasteiger partial charge in [0.1, 0.15) is 0 Å². The van der Waals surface area contributed by atoms with Gasteiger partial charge >= 0.3 is 0 Å². The molecule has 0 aliphatic heterocycles. The molecule has 0 saturated heterocycles. The van der Waals surface area contributed by atoms with E-state index in [9.17, 15) is 21.0 Å². The first-order valence-corrected chi connectivity index (χ1v) is 23.2. The molecular formula is C64H40N6. The molecule has 0 radical (unpaired) electrons. The van der Waals surface area contributed by atoms with Crippen molar-refractivity contribution in [2.75, 3.05) is 9.80 Å². The molecule has 0 heterocycles. The summed E-state index contributed by atoms with van der Waals surface area (Å²) in [5.41, 5.74) is 16.0. The number of rotatable bonds is 7. The molecule has 0 aromatic heterocycles. The van der Waals surface area contributed by atoms with Crippen molar-refractivity contribution >= 4 is 55.7 Å². The first-order chi connectivity index (χ1) is 34.3. The third-order valence-electron chi connectivity index (χ3n) is 15.1. The van der Waals surface area contributed by atoms with Crippen LogP contribution in [0.2, 0.25) is 0 Å². The van der Waals surface area contributed by atoms with Crippen LogP contribution in [0.15, 0.2) is 206 Å². The van der Waals surface area contributed by atoms with E-state index in [1.807, 2.05) is 97.1 Å². The summed E-state index contributed by atoms with van der Waals surface area (Å²) in [6, 6.07) is 80.0. The highest BCUT2D eigenvalue weighted by Gasteiger charge is 2.58. The average Bonchev–Trinajstić information content (AvgIpc) is 3.85. The Kier molecular flexibility index (Phi) is 9.51. The highest BCUT2D eigenvalue weighted by Crippen LogP contribution is 2.67. The van der Waals surface area contributed by atoms with E-state index in [0.717, 1.165) is 55.7 Å². The molecule has 326 valence electrons. The van der Waals surface area contributed by atoms with Crippen LogP contribution in [0.5, 0.6) is 0 Å². The molecule has 2 aliphatic rings. The van der Waals surface area contributed by atoms with Gasteiger partial charge in [-0.2, -0.15) is 21.0 Å². The van der Waals surface area contributed by atoms with Crippen molar-refractivity contribution in [3.8, 4) is 46.5 Å². The van der Waals surface area contributed by atoms with Gasteiger partial charge in [-0.05, 0) is 164 Å². The molecule has 10 aromatic rings. The normalized spacial score (nSPS) is 15.9. The third kappa shape index (κ3) is 5.95. The predicted octanol–water partition coefficient (Wildman–Crippen LogP) is 15.7. The Balaban J connectivity index is 1.18. The maximum Gasteiger partial charge on any atom is 0.0991 e. The van der Waals surface area contributed by atoms with Gasteiger partial charge in [0.05, 0.1) is 57.9 Å². The zero-order chi connectivity index (χ0) is 47.7. The summed E-state index contributed by atoms with van der Waals surface area (Å²) >= 11 is 0. The molecule has 6 nitrogen and oxygen atoms in total. The Labute approximate surface area is 406 Å². The Bertz CT molecular complexity index is 3580. The van der Waals surface area contributed by atoms with E-state index < -0.39 is 10.8 Å². The smallest absolute Gasteiger partial charge is 0.0991 e. The minimum atomic E-state index is -0.687. The van der Waals surface area contributed by atoms with Crippen LogP contribution >= 0.6 is 0 Å². The van der Waals surface area contributed by atoms with E-state index in [4.69, 9.17) is 0 Å². The van der Waals surface area contributed by atoms with Crippen LogP contribution in [0, 0.1) is 45.3 Å². The Morgan fingerprint density at radius 3 is 0.886 bits per heavy atom. The van der Waals surface area contributed by atoms with Gasteiger partial charge in [-0.15, -0.1) is 0 Å². The molecule has 6 heteroatoms. The van der Waals surface area contributed by atoms with Gasteiger partial charge in [-0.1, -0.05) is 111 Å². The molecule has 2 unspecified atom stereocenters. The van der Waals surface area contributed by atoms with E-state index in [1.165, 1.54) is 44.5 Å². The standard InChI is InChI=1S/C64H40N6/c1-63(55-17-9-7-15-53(55)61-51-13-5-3-11-49(51)59(35-57(61)63)69(45-27-19-41(37-65)20-28-45)46-29-21-42(38-66)22-30-46)64(2)56-18-10-8-16-54(56)62-52-14-6-4-12-50(52)60(36-58(62)64)70(47-31-23-43(39-67)24-32-47)48-33-25-44(40-68)26-34-48/h3-36H,1-2H3. The fraction of sp³-hybridized carbons (Fsp3) is 0.0625. The van der Waals surface area contributed by atoms with Crippen molar-refractivity contribution in [1.82, 2.24) is 0 Å². The fourth-order valence-electron chi connectivity index (χ4n) is 11.7. The van der Waals surface area contributed by atoms with Crippen molar-refractivity contribution < 1.29 is 0 Å². The van der Waals surface area contributed by atoms with Gasteiger partial charge in [0.2, 0.25) is 0 Å². The van der Waals surface area contributed by atoms with Crippen LogP contribution in [0.1, 0.15) is 58.4 Å². The zero-order valence-electron chi connectivity index (χ0n) is 38.3. The quantitative estimate of drug-likeness (QED) is 0.158. The minimum absolute atomic E-state index is 0.570. The van der Waals surface area contributed by atoms with Gasteiger partial charge < -0.3 is 9.80 Å².